The Morgan fingerprint density at radius 1 is 0.724 bits per heavy atom. The first kappa shape index (κ1) is 26.2. The second kappa shape index (κ2) is 18.0. The van der Waals surface area contributed by atoms with Gasteiger partial charge in [0.05, 0.1) is 6.61 Å². The summed E-state index contributed by atoms with van der Waals surface area (Å²) in [5.74, 6) is 0.0887. The summed E-state index contributed by atoms with van der Waals surface area (Å²) in [6.45, 7) is 2.77. The number of rotatable bonds is 19. The molecule has 0 amide bonds. The van der Waals surface area contributed by atoms with E-state index in [1.807, 2.05) is 0 Å². The van der Waals surface area contributed by atoms with Crippen molar-refractivity contribution in [2.24, 2.45) is 0 Å². The van der Waals surface area contributed by atoms with E-state index < -0.39 is 19.8 Å². The van der Waals surface area contributed by atoms with Gasteiger partial charge in [0.15, 0.2) is 3.57 Å². The van der Waals surface area contributed by atoms with E-state index in [0.717, 1.165) is 12.8 Å². The lowest BCUT2D eigenvalue weighted by atomic mass is 10.0. The molecule has 0 aromatic heterocycles. The molecule has 0 spiro atoms. The summed E-state index contributed by atoms with van der Waals surface area (Å²) in [6, 6.07) is 4.61. The van der Waals surface area contributed by atoms with Gasteiger partial charge in [-0.3, -0.25) is 0 Å². The quantitative estimate of drug-likeness (QED) is 0.147. The molecule has 29 heavy (non-hydrogen) atoms. The molecule has 0 atom stereocenters. The summed E-state index contributed by atoms with van der Waals surface area (Å²) in [7, 11) is 0. The van der Waals surface area contributed by atoms with Gasteiger partial charge in [-0.05, 0) is 18.6 Å². The summed E-state index contributed by atoms with van der Waals surface area (Å²) in [5, 5.41) is 9.66. The number of phenols is 1. The topological polar surface area (TPSA) is 63.6 Å². The van der Waals surface area contributed by atoms with E-state index in [9.17, 15) is 11.2 Å². The molecule has 0 heterocycles. The Balaban J connectivity index is 1.89. The van der Waals surface area contributed by atoms with E-state index in [-0.39, 0.29) is 9.32 Å². The zero-order valence-corrected chi connectivity index (χ0v) is 20.5. The predicted octanol–water partition coefficient (Wildman–Crippen LogP) is 8.40. The van der Waals surface area contributed by atoms with Crippen molar-refractivity contribution in [3.63, 3.8) is 0 Å². The molecule has 0 aliphatic heterocycles. The molecule has 0 bridgehead atoms. The third-order valence-corrected chi connectivity index (χ3v) is 7.32. The van der Waals surface area contributed by atoms with E-state index in [1.54, 1.807) is 12.1 Å². The molecule has 1 aromatic carbocycles. The monoisotopic (exact) mass is 520 g/mol. The Bertz CT molecular complexity index is 591. The molecule has 168 valence electrons. The minimum atomic E-state index is -3.75. The number of ether oxygens (including phenoxy) is 1. The molecule has 0 radical (unpaired) electrons. The van der Waals surface area contributed by atoms with Crippen molar-refractivity contribution in [2.45, 2.75) is 110 Å². The van der Waals surface area contributed by atoms with E-state index in [1.165, 1.54) is 96.0 Å². The second-order valence-corrected chi connectivity index (χ2v) is 10.3. The van der Waals surface area contributed by atoms with Crippen LogP contribution in [-0.4, -0.2) is 11.7 Å². The molecule has 0 aliphatic rings. The highest BCUT2D eigenvalue weighted by molar-refractivity contribution is 14.2. The summed E-state index contributed by atoms with van der Waals surface area (Å²) in [4.78, 5) is 0. The van der Waals surface area contributed by atoms with E-state index in [4.69, 9.17) is 4.74 Å². The highest BCUT2D eigenvalue weighted by Crippen LogP contribution is 2.35. The van der Waals surface area contributed by atoms with Crippen molar-refractivity contribution in [2.75, 3.05) is 6.61 Å². The van der Waals surface area contributed by atoms with Crippen molar-refractivity contribution >= 4 is 19.8 Å². The average molecular weight is 520 g/mol. The average Bonchev–Trinajstić information content (AvgIpc) is 2.70. The van der Waals surface area contributed by atoms with Crippen LogP contribution in [0.1, 0.15) is 110 Å². The summed E-state index contributed by atoms with van der Waals surface area (Å²) in [6.07, 6.45) is 21.1. The first-order valence-corrected chi connectivity index (χ1v) is 14.5. The molecular formula is C24H41IO4. The standard InChI is InChI=1S/C24H41IO4/c1-2-3-4-5-6-7-8-9-10-11-12-13-14-15-16-17-21-29-23-20-18-19-22(26)24(23)25(27)28/h18-20,26H,2-17,21H2,1H3. The van der Waals surface area contributed by atoms with Gasteiger partial charge in [-0.25, -0.2) is 6.14 Å². The van der Waals surface area contributed by atoms with Crippen LogP contribution in [-0.2, 0) is 6.14 Å². The molecule has 4 nitrogen and oxygen atoms in total. The van der Waals surface area contributed by atoms with Crippen LogP contribution in [0.5, 0.6) is 11.5 Å². The van der Waals surface area contributed by atoms with E-state index in [2.05, 4.69) is 6.92 Å². The smallest absolute Gasteiger partial charge is 0.348 e. The van der Waals surface area contributed by atoms with Crippen molar-refractivity contribution in [1.29, 1.82) is 0 Å². The molecule has 1 aromatic rings. The fraction of sp³-hybridized carbons (Fsp3) is 0.750. The zero-order chi connectivity index (χ0) is 21.2. The van der Waals surface area contributed by atoms with Gasteiger partial charge in [0, 0.05) is 0 Å². The number of unbranched alkanes of at least 4 members (excludes halogenated alkanes) is 15. The van der Waals surface area contributed by atoms with Crippen LogP contribution in [0.15, 0.2) is 18.2 Å². The van der Waals surface area contributed by atoms with Gasteiger partial charge in [0.1, 0.15) is 11.5 Å². The fourth-order valence-corrected chi connectivity index (χ4v) is 5.00. The largest absolute Gasteiger partial charge is 0.507 e. The Morgan fingerprint density at radius 3 is 1.62 bits per heavy atom. The zero-order valence-electron chi connectivity index (χ0n) is 18.3. The van der Waals surface area contributed by atoms with Gasteiger partial charge in [-0.15, -0.1) is 0 Å². The van der Waals surface area contributed by atoms with Crippen LogP contribution in [0.25, 0.3) is 0 Å². The summed E-state index contributed by atoms with van der Waals surface area (Å²) < 4.78 is 28.2. The highest BCUT2D eigenvalue weighted by Gasteiger charge is 2.13. The fourth-order valence-electron chi connectivity index (χ4n) is 3.60. The minimum absolute atomic E-state index is 0.0202. The molecule has 1 N–H and O–H groups in total. The van der Waals surface area contributed by atoms with Gasteiger partial charge in [0.2, 0.25) is 0 Å². The number of benzene rings is 1. The van der Waals surface area contributed by atoms with Gasteiger partial charge >= 0.3 is 19.8 Å². The van der Waals surface area contributed by atoms with Gasteiger partial charge < -0.3 is 9.84 Å². The number of hydrogen-bond donors (Lipinski definition) is 1. The van der Waals surface area contributed by atoms with Crippen LogP contribution < -0.4 is 4.74 Å². The van der Waals surface area contributed by atoms with Crippen LogP contribution in [0.4, 0.5) is 0 Å². The Hall–Kier alpha value is -0.850. The normalized spacial score (nSPS) is 11.2. The van der Waals surface area contributed by atoms with Gasteiger partial charge in [0.25, 0.3) is 0 Å². The summed E-state index contributed by atoms with van der Waals surface area (Å²) >= 11 is -3.75. The Kier molecular flexibility index (Phi) is 16.2. The number of halogens is 1. The first-order chi connectivity index (χ1) is 14.2. The van der Waals surface area contributed by atoms with Crippen molar-refractivity contribution < 1.29 is 16.0 Å². The van der Waals surface area contributed by atoms with Crippen molar-refractivity contribution in [3.8, 4) is 11.5 Å². The second-order valence-electron chi connectivity index (χ2n) is 7.96. The first-order valence-electron chi connectivity index (χ1n) is 11.7. The number of aromatic hydroxyl groups is 1. The molecule has 0 saturated carbocycles. The molecule has 1 rings (SSSR count). The van der Waals surface area contributed by atoms with Gasteiger partial charge in [-0.1, -0.05) is 109 Å². The molecular weight excluding hydrogens is 479 g/mol. The van der Waals surface area contributed by atoms with Gasteiger partial charge in [-0.2, -0.15) is 0 Å². The number of phenolic OH excluding ortho intramolecular Hbond substituents is 1. The lowest BCUT2D eigenvalue weighted by Gasteiger charge is -2.08. The van der Waals surface area contributed by atoms with Crippen molar-refractivity contribution in [3.05, 3.63) is 21.8 Å². The number of hydrogen-bond acceptors (Lipinski definition) is 4. The molecule has 0 fully saturated rings. The molecule has 0 aliphatic carbocycles. The maximum Gasteiger partial charge on any atom is 0.348 e. The third-order valence-electron chi connectivity index (χ3n) is 5.35. The molecule has 0 saturated heterocycles. The maximum absolute atomic E-state index is 11.3. The Morgan fingerprint density at radius 2 is 1.17 bits per heavy atom. The third kappa shape index (κ3) is 13.1. The van der Waals surface area contributed by atoms with E-state index in [0.29, 0.717) is 12.4 Å². The lowest BCUT2D eigenvalue weighted by Crippen LogP contribution is -1.99. The predicted molar refractivity (Wildman–Crippen MR) is 127 cm³/mol. The van der Waals surface area contributed by atoms with Crippen LogP contribution in [0.2, 0.25) is 0 Å². The van der Waals surface area contributed by atoms with Crippen molar-refractivity contribution in [1.82, 2.24) is 0 Å². The molecule has 5 heteroatoms. The van der Waals surface area contributed by atoms with Crippen LogP contribution >= 0.6 is 19.8 Å². The summed E-state index contributed by atoms with van der Waals surface area (Å²) in [5.41, 5.74) is 0. The maximum atomic E-state index is 11.3. The van der Waals surface area contributed by atoms with Crippen LogP contribution in [0.3, 0.4) is 0 Å². The SMILES string of the molecule is CCCCCCCCCCCCCCCCCCOc1cccc(O)c1I(=O)=O. The van der Waals surface area contributed by atoms with Crippen LogP contribution in [0, 0.1) is 3.57 Å². The highest BCUT2D eigenvalue weighted by atomic mass is 127. The Labute approximate surface area is 185 Å². The lowest BCUT2D eigenvalue weighted by molar-refractivity contribution is 0.300. The minimum Gasteiger partial charge on any atom is -0.507 e. The molecule has 0 unspecified atom stereocenters. The van der Waals surface area contributed by atoms with E-state index >= 15 is 0 Å².